The molecule has 0 bridgehead atoms. The van der Waals surface area contributed by atoms with Crippen LogP contribution in [0.25, 0.3) is 5.65 Å². The molecule has 0 fully saturated rings. The van der Waals surface area contributed by atoms with Gasteiger partial charge in [-0.1, -0.05) is 0 Å². The molecule has 0 aliphatic carbocycles. The molecule has 3 N–H and O–H groups in total. The summed E-state index contributed by atoms with van der Waals surface area (Å²) in [6.07, 6.45) is 1.48. The maximum Gasteiger partial charge on any atom is 0.356 e. The lowest BCUT2D eigenvalue weighted by Crippen LogP contribution is -2.06. The van der Waals surface area contributed by atoms with Crippen LogP contribution < -0.4 is 5.32 Å². The van der Waals surface area contributed by atoms with Crippen molar-refractivity contribution in [2.24, 2.45) is 0 Å². The van der Waals surface area contributed by atoms with Gasteiger partial charge in [0.05, 0.1) is 12.2 Å². The molecule has 3 rings (SSSR count). The number of aryl methyl sites for hydroxylation is 1. The second-order valence-electron chi connectivity index (χ2n) is 4.39. The number of carbonyl (C=O) groups is 1. The van der Waals surface area contributed by atoms with Gasteiger partial charge in [-0.25, -0.2) is 9.78 Å². The Morgan fingerprint density at radius 3 is 3.05 bits per heavy atom. The van der Waals surface area contributed by atoms with Crippen molar-refractivity contribution >= 4 is 17.4 Å². The van der Waals surface area contributed by atoms with E-state index in [2.05, 4.69) is 25.6 Å². The lowest BCUT2D eigenvalue weighted by Gasteiger charge is -2.07. The number of aromatic amines is 1. The van der Waals surface area contributed by atoms with Gasteiger partial charge < -0.3 is 10.4 Å². The van der Waals surface area contributed by atoms with Crippen LogP contribution in [0.2, 0.25) is 0 Å². The highest BCUT2D eigenvalue weighted by Crippen LogP contribution is 2.14. The number of nitrogens with zero attached hydrogens (tertiary/aromatic N) is 4. The minimum atomic E-state index is -1.05. The van der Waals surface area contributed by atoms with E-state index in [0.29, 0.717) is 12.2 Å². The Hall–Kier alpha value is -2.90. The van der Waals surface area contributed by atoms with Crippen molar-refractivity contribution in [1.82, 2.24) is 24.8 Å². The van der Waals surface area contributed by atoms with Gasteiger partial charge in [0.2, 0.25) is 0 Å². The van der Waals surface area contributed by atoms with Crippen LogP contribution in [-0.4, -0.2) is 35.9 Å². The highest BCUT2D eigenvalue weighted by molar-refractivity contribution is 5.85. The molecule has 3 aromatic heterocycles. The molecule has 0 saturated heterocycles. The SMILES string of the molecule is Cc1cc(NCc2cc(C(=O)O)n[nH]2)n2ncnc2c1. The van der Waals surface area contributed by atoms with Crippen molar-refractivity contribution < 1.29 is 9.90 Å². The number of carboxylic acids is 1. The molecule has 0 aromatic carbocycles. The molecule has 3 heterocycles. The van der Waals surface area contributed by atoms with Gasteiger partial charge in [0, 0.05) is 0 Å². The normalized spacial score (nSPS) is 10.8. The summed E-state index contributed by atoms with van der Waals surface area (Å²) in [6.45, 7) is 2.39. The first-order chi connectivity index (χ1) is 9.63. The monoisotopic (exact) mass is 272 g/mol. The fourth-order valence-electron chi connectivity index (χ4n) is 1.93. The van der Waals surface area contributed by atoms with Crippen molar-refractivity contribution in [3.8, 4) is 0 Å². The predicted octanol–water partition coefficient (Wildman–Crippen LogP) is 1.07. The summed E-state index contributed by atoms with van der Waals surface area (Å²) in [7, 11) is 0. The average Bonchev–Trinajstić information content (AvgIpc) is 3.04. The molecule has 0 aliphatic rings. The lowest BCUT2D eigenvalue weighted by atomic mass is 10.3. The van der Waals surface area contributed by atoms with Gasteiger partial charge in [-0.3, -0.25) is 5.10 Å². The number of H-pyrrole nitrogens is 1. The third kappa shape index (κ3) is 2.18. The summed E-state index contributed by atoms with van der Waals surface area (Å²) in [6, 6.07) is 5.36. The van der Waals surface area contributed by atoms with E-state index < -0.39 is 5.97 Å². The van der Waals surface area contributed by atoms with Crippen molar-refractivity contribution in [3.05, 3.63) is 41.5 Å². The molecule has 0 unspecified atom stereocenters. The molecule has 102 valence electrons. The summed E-state index contributed by atoms with van der Waals surface area (Å²) in [5, 5.41) is 22.5. The molecule has 20 heavy (non-hydrogen) atoms. The minimum Gasteiger partial charge on any atom is -0.476 e. The van der Waals surface area contributed by atoms with Crippen LogP contribution in [0.5, 0.6) is 0 Å². The number of aromatic carboxylic acids is 1. The molecule has 0 aliphatic heterocycles. The molecule has 3 aromatic rings. The zero-order chi connectivity index (χ0) is 14.1. The first kappa shape index (κ1) is 12.2. The Labute approximate surface area is 113 Å². The Morgan fingerprint density at radius 1 is 1.45 bits per heavy atom. The smallest absolute Gasteiger partial charge is 0.356 e. The van der Waals surface area contributed by atoms with E-state index in [1.54, 1.807) is 4.52 Å². The minimum absolute atomic E-state index is 0.00283. The van der Waals surface area contributed by atoms with E-state index in [1.807, 2.05) is 19.1 Å². The Bertz CT molecular complexity index is 775. The molecule has 0 atom stereocenters. The van der Waals surface area contributed by atoms with E-state index >= 15 is 0 Å². The van der Waals surface area contributed by atoms with Crippen molar-refractivity contribution in [3.63, 3.8) is 0 Å². The summed E-state index contributed by atoms with van der Waals surface area (Å²) in [5.74, 6) is -0.273. The maximum absolute atomic E-state index is 10.7. The fraction of sp³-hybridized carbons (Fsp3) is 0.167. The highest BCUT2D eigenvalue weighted by Gasteiger charge is 2.09. The summed E-state index contributed by atoms with van der Waals surface area (Å²) >= 11 is 0. The van der Waals surface area contributed by atoms with E-state index in [4.69, 9.17) is 5.11 Å². The number of carboxylic acid groups (broad SMARTS) is 1. The molecule has 0 amide bonds. The number of aromatic nitrogens is 5. The largest absolute Gasteiger partial charge is 0.476 e. The third-order valence-corrected chi connectivity index (χ3v) is 2.83. The van der Waals surface area contributed by atoms with E-state index in [9.17, 15) is 4.79 Å². The van der Waals surface area contributed by atoms with Gasteiger partial charge in [0.25, 0.3) is 0 Å². The number of rotatable bonds is 4. The number of nitrogens with one attached hydrogen (secondary N) is 2. The maximum atomic E-state index is 10.7. The summed E-state index contributed by atoms with van der Waals surface area (Å²) in [5.41, 5.74) is 2.49. The van der Waals surface area contributed by atoms with Crippen LogP contribution in [0.1, 0.15) is 21.7 Å². The molecule has 8 nitrogen and oxygen atoms in total. The van der Waals surface area contributed by atoms with Gasteiger partial charge in [-0.2, -0.15) is 14.7 Å². The van der Waals surface area contributed by atoms with Crippen LogP contribution in [0.15, 0.2) is 24.5 Å². The van der Waals surface area contributed by atoms with Gasteiger partial charge in [-0.05, 0) is 30.7 Å². The summed E-state index contributed by atoms with van der Waals surface area (Å²) < 4.78 is 1.68. The molecule has 8 heteroatoms. The van der Waals surface area contributed by atoms with E-state index in [-0.39, 0.29) is 5.69 Å². The van der Waals surface area contributed by atoms with Gasteiger partial charge in [0.1, 0.15) is 12.1 Å². The first-order valence-electron chi connectivity index (χ1n) is 5.95. The van der Waals surface area contributed by atoms with Gasteiger partial charge >= 0.3 is 5.97 Å². The van der Waals surface area contributed by atoms with Crippen molar-refractivity contribution in [2.75, 3.05) is 5.32 Å². The zero-order valence-electron chi connectivity index (χ0n) is 10.7. The number of fused-ring (bicyclic) bond motifs is 1. The molecule has 0 saturated carbocycles. The van der Waals surface area contributed by atoms with Crippen LogP contribution in [0, 0.1) is 6.92 Å². The van der Waals surface area contributed by atoms with E-state index in [0.717, 1.165) is 17.0 Å². The van der Waals surface area contributed by atoms with Crippen LogP contribution in [0.4, 0.5) is 5.82 Å². The zero-order valence-corrected chi connectivity index (χ0v) is 10.7. The Balaban J connectivity index is 1.82. The lowest BCUT2D eigenvalue weighted by molar-refractivity contribution is 0.0690. The number of anilines is 1. The fourth-order valence-corrected chi connectivity index (χ4v) is 1.93. The number of hydrogen-bond acceptors (Lipinski definition) is 5. The average molecular weight is 272 g/mol. The predicted molar refractivity (Wildman–Crippen MR) is 70.6 cm³/mol. The second kappa shape index (κ2) is 4.65. The van der Waals surface area contributed by atoms with E-state index in [1.165, 1.54) is 12.4 Å². The Morgan fingerprint density at radius 2 is 2.30 bits per heavy atom. The van der Waals surface area contributed by atoms with Gasteiger partial charge in [-0.15, -0.1) is 0 Å². The number of pyridine rings is 1. The topological polar surface area (TPSA) is 108 Å². The second-order valence-corrected chi connectivity index (χ2v) is 4.39. The highest BCUT2D eigenvalue weighted by atomic mass is 16.4. The van der Waals surface area contributed by atoms with Crippen LogP contribution >= 0.6 is 0 Å². The van der Waals surface area contributed by atoms with Crippen molar-refractivity contribution in [2.45, 2.75) is 13.5 Å². The molecule has 0 radical (unpaired) electrons. The molecule has 0 spiro atoms. The number of hydrogen-bond donors (Lipinski definition) is 3. The standard InChI is InChI=1S/C12H12N6O2/c1-7-2-10(18-11(3-7)14-6-15-18)13-5-8-4-9(12(19)20)17-16-8/h2-4,6,13H,5H2,1H3,(H,16,17)(H,19,20). The molecular formula is C12H12N6O2. The first-order valence-corrected chi connectivity index (χ1v) is 5.95. The molecular weight excluding hydrogens is 260 g/mol. The van der Waals surface area contributed by atoms with Gasteiger partial charge in [0.15, 0.2) is 11.3 Å². The van der Waals surface area contributed by atoms with Crippen molar-refractivity contribution in [1.29, 1.82) is 0 Å². The quantitative estimate of drug-likeness (QED) is 0.655. The third-order valence-electron chi connectivity index (χ3n) is 2.83. The van der Waals surface area contributed by atoms with Crippen LogP contribution in [0.3, 0.4) is 0 Å². The van der Waals surface area contributed by atoms with Crippen LogP contribution in [-0.2, 0) is 6.54 Å². The Kier molecular flexibility index (Phi) is 2.82. The summed E-state index contributed by atoms with van der Waals surface area (Å²) in [4.78, 5) is 14.9.